The SMILES string of the molecule is CC.CCc1cc2cccc(/C(N)=C(/NN)SI)c2c(=O)n1-c1ccccc1. The van der Waals surface area contributed by atoms with E-state index < -0.39 is 0 Å². The van der Waals surface area contributed by atoms with E-state index in [1.54, 1.807) is 4.57 Å². The highest BCUT2D eigenvalue weighted by atomic mass is 127. The molecule has 0 fully saturated rings. The smallest absolute Gasteiger partial charge is 0.263 e. The van der Waals surface area contributed by atoms with E-state index in [1.165, 1.54) is 8.93 Å². The molecule has 0 aliphatic heterocycles. The number of fused-ring (bicyclic) bond motifs is 1. The molecule has 1 heterocycles. The van der Waals surface area contributed by atoms with Gasteiger partial charge in [-0.15, -0.1) is 0 Å². The molecule has 0 aliphatic carbocycles. The Labute approximate surface area is 181 Å². The number of para-hydroxylation sites is 1. The number of hydrazine groups is 1. The zero-order valence-electron chi connectivity index (χ0n) is 16.2. The van der Waals surface area contributed by atoms with Gasteiger partial charge in [-0.1, -0.05) is 57.2 Å². The average Bonchev–Trinajstić information content (AvgIpc) is 2.75. The maximum absolute atomic E-state index is 13.5. The number of aromatic nitrogens is 1. The summed E-state index contributed by atoms with van der Waals surface area (Å²) in [5.74, 6) is 5.57. The van der Waals surface area contributed by atoms with E-state index in [0.717, 1.165) is 23.2 Å². The fraction of sp³-hybridized carbons (Fsp3) is 0.190. The maximum Gasteiger partial charge on any atom is 0.263 e. The highest BCUT2D eigenvalue weighted by molar-refractivity contribution is 14.2. The van der Waals surface area contributed by atoms with Gasteiger partial charge in [0.1, 0.15) is 5.03 Å². The molecule has 7 heteroatoms. The molecule has 0 radical (unpaired) electrons. The van der Waals surface area contributed by atoms with Gasteiger partial charge in [-0.3, -0.25) is 9.36 Å². The first-order valence-electron chi connectivity index (χ1n) is 9.10. The summed E-state index contributed by atoms with van der Waals surface area (Å²) in [5, 5.41) is 2.07. The van der Waals surface area contributed by atoms with E-state index in [-0.39, 0.29) is 5.56 Å². The fourth-order valence-electron chi connectivity index (χ4n) is 3.02. The molecule has 0 amide bonds. The van der Waals surface area contributed by atoms with Crippen LogP contribution >= 0.6 is 30.1 Å². The predicted octanol–water partition coefficient (Wildman–Crippen LogP) is 4.71. The molecule has 0 atom stereocenters. The van der Waals surface area contributed by atoms with Gasteiger partial charge in [-0.05, 0) is 38.9 Å². The van der Waals surface area contributed by atoms with Crippen LogP contribution in [0.5, 0.6) is 0 Å². The minimum atomic E-state index is -0.0843. The number of nitrogens with one attached hydrogen (secondary N) is 1. The van der Waals surface area contributed by atoms with Crippen molar-refractivity contribution in [2.75, 3.05) is 0 Å². The number of halogens is 1. The lowest BCUT2D eigenvalue weighted by Crippen LogP contribution is -2.25. The van der Waals surface area contributed by atoms with E-state index in [1.807, 2.05) is 75.4 Å². The van der Waals surface area contributed by atoms with Crippen LogP contribution in [0.1, 0.15) is 32.0 Å². The Hall–Kier alpha value is -1.97. The standard InChI is InChI=1S/C19H19IN4OS.C2H6/c1-2-13-11-12-7-6-10-15(17(21)18(23-22)26-20)16(12)19(25)24(13)14-8-4-3-5-9-14;1-2/h3-11,23H,2,21-22H2,1H3;1-2H3/b18-17+;. The van der Waals surface area contributed by atoms with Crippen LogP contribution in [0, 0.1) is 0 Å². The Kier molecular flexibility index (Phi) is 8.40. The number of aryl methyl sites for hydroxylation is 1. The van der Waals surface area contributed by atoms with Crippen LogP contribution in [-0.2, 0) is 6.42 Å². The number of benzene rings is 2. The molecule has 3 rings (SSSR count). The Morgan fingerprint density at radius 3 is 2.39 bits per heavy atom. The fourth-order valence-corrected chi connectivity index (χ4v) is 4.35. The molecule has 3 aromatic rings. The Balaban J connectivity index is 0.00000136. The molecule has 2 aromatic carbocycles. The second-order valence-corrected chi connectivity index (χ2v) is 7.58. The van der Waals surface area contributed by atoms with Gasteiger partial charge in [0.2, 0.25) is 0 Å². The molecule has 5 N–H and O–H groups in total. The molecule has 0 bridgehead atoms. The third kappa shape index (κ3) is 4.37. The van der Waals surface area contributed by atoms with Crippen LogP contribution in [0.4, 0.5) is 0 Å². The zero-order valence-corrected chi connectivity index (χ0v) is 19.2. The maximum atomic E-state index is 13.5. The first kappa shape index (κ1) is 22.3. The molecular weight excluding hydrogens is 483 g/mol. The molecule has 148 valence electrons. The average molecular weight is 508 g/mol. The van der Waals surface area contributed by atoms with Crippen LogP contribution < -0.4 is 22.6 Å². The number of rotatable bonds is 5. The summed E-state index contributed by atoms with van der Waals surface area (Å²) in [7, 11) is 1.38. The van der Waals surface area contributed by atoms with E-state index >= 15 is 0 Å². The zero-order chi connectivity index (χ0) is 20.7. The normalized spacial score (nSPS) is 11.5. The number of nitrogens with zero attached hydrogens (tertiary/aromatic N) is 1. The third-order valence-electron chi connectivity index (χ3n) is 4.24. The van der Waals surface area contributed by atoms with E-state index in [4.69, 9.17) is 11.6 Å². The van der Waals surface area contributed by atoms with Crippen molar-refractivity contribution in [3.05, 3.63) is 81.2 Å². The number of hydrogen-bond donors (Lipinski definition) is 3. The summed E-state index contributed by atoms with van der Waals surface area (Å²) in [6.45, 7) is 6.04. The van der Waals surface area contributed by atoms with Crippen molar-refractivity contribution < 1.29 is 0 Å². The van der Waals surface area contributed by atoms with Gasteiger partial charge in [0.25, 0.3) is 5.56 Å². The first-order chi connectivity index (χ1) is 13.6. The van der Waals surface area contributed by atoms with Crippen LogP contribution in [0.15, 0.2) is 64.4 Å². The number of pyridine rings is 1. The molecule has 5 nitrogen and oxygen atoms in total. The highest BCUT2D eigenvalue weighted by Gasteiger charge is 2.16. The lowest BCUT2D eigenvalue weighted by Gasteiger charge is -2.16. The summed E-state index contributed by atoms with van der Waals surface area (Å²) in [5.41, 5.74) is 11.8. The first-order valence-corrected chi connectivity index (χ1v) is 12.5. The molecule has 0 aliphatic rings. The van der Waals surface area contributed by atoms with Gasteiger partial charge < -0.3 is 11.2 Å². The van der Waals surface area contributed by atoms with Gasteiger partial charge in [0.05, 0.1) is 11.1 Å². The number of nitrogens with two attached hydrogens (primary N) is 2. The summed E-state index contributed by atoms with van der Waals surface area (Å²) >= 11 is 2.10. The van der Waals surface area contributed by atoms with Gasteiger partial charge in [0.15, 0.2) is 0 Å². The minimum absolute atomic E-state index is 0.0843. The van der Waals surface area contributed by atoms with E-state index in [9.17, 15) is 4.79 Å². The van der Waals surface area contributed by atoms with Crippen molar-refractivity contribution in [1.29, 1.82) is 0 Å². The van der Waals surface area contributed by atoms with Crippen molar-refractivity contribution in [3.8, 4) is 5.69 Å². The molecule has 1 aromatic heterocycles. The summed E-state index contributed by atoms with van der Waals surface area (Å²) < 4.78 is 1.76. The van der Waals surface area contributed by atoms with Crippen molar-refractivity contribution in [2.45, 2.75) is 27.2 Å². The van der Waals surface area contributed by atoms with Gasteiger partial charge in [0, 0.05) is 38.2 Å². The Bertz CT molecular complexity index is 1030. The molecule has 0 unspecified atom stereocenters. The lowest BCUT2D eigenvalue weighted by atomic mass is 10.0. The highest BCUT2D eigenvalue weighted by Crippen LogP contribution is 2.29. The molecule has 0 spiro atoms. The Morgan fingerprint density at radius 1 is 1.14 bits per heavy atom. The lowest BCUT2D eigenvalue weighted by molar-refractivity contribution is 0.888. The second kappa shape index (κ2) is 10.5. The van der Waals surface area contributed by atoms with E-state index in [0.29, 0.717) is 21.7 Å². The summed E-state index contributed by atoms with van der Waals surface area (Å²) in [4.78, 5) is 13.5. The molecule has 0 saturated carbocycles. The molecule has 28 heavy (non-hydrogen) atoms. The number of hydrogen-bond acceptors (Lipinski definition) is 5. The van der Waals surface area contributed by atoms with Gasteiger partial charge in [-0.2, -0.15) is 0 Å². The van der Waals surface area contributed by atoms with Gasteiger partial charge in [-0.25, -0.2) is 5.84 Å². The van der Waals surface area contributed by atoms with Crippen molar-refractivity contribution in [2.24, 2.45) is 11.6 Å². The minimum Gasteiger partial charge on any atom is -0.396 e. The van der Waals surface area contributed by atoms with Crippen LogP contribution in [0.2, 0.25) is 0 Å². The van der Waals surface area contributed by atoms with Crippen molar-refractivity contribution >= 4 is 46.6 Å². The quantitative estimate of drug-likeness (QED) is 0.264. The topological polar surface area (TPSA) is 86.1 Å². The Morgan fingerprint density at radius 2 is 1.82 bits per heavy atom. The van der Waals surface area contributed by atoms with E-state index in [2.05, 4.69) is 26.6 Å². The second-order valence-electron chi connectivity index (χ2n) is 5.70. The third-order valence-corrected chi connectivity index (χ3v) is 6.06. The molecular formula is C21H25IN4OS. The van der Waals surface area contributed by atoms with Gasteiger partial charge >= 0.3 is 0 Å². The van der Waals surface area contributed by atoms with Crippen molar-refractivity contribution in [1.82, 2.24) is 9.99 Å². The van der Waals surface area contributed by atoms with Crippen LogP contribution in [0.25, 0.3) is 22.2 Å². The molecule has 0 saturated heterocycles. The van der Waals surface area contributed by atoms with Crippen LogP contribution in [-0.4, -0.2) is 4.57 Å². The predicted molar refractivity (Wildman–Crippen MR) is 130 cm³/mol. The van der Waals surface area contributed by atoms with Crippen LogP contribution in [0.3, 0.4) is 0 Å². The summed E-state index contributed by atoms with van der Waals surface area (Å²) in [6.07, 6.45) is 0.745. The largest absolute Gasteiger partial charge is 0.396 e. The van der Waals surface area contributed by atoms with Crippen molar-refractivity contribution in [3.63, 3.8) is 0 Å². The monoisotopic (exact) mass is 508 g/mol. The summed E-state index contributed by atoms with van der Waals surface area (Å²) in [6, 6.07) is 17.4.